The Labute approximate surface area is 168 Å². The first-order valence-corrected chi connectivity index (χ1v) is 9.22. The molecule has 0 radical (unpaired) electrons. The van der Waals surface area contributed by atoms with Crippen LogP contribution in [0.15, 0.2) is 42.5 Å². The van der Waals surface area contributed by atoms with E-state index in [9.17, 15) is 14.4 Å². The van der Waals surface area contributed by atoms with E-state index < -0.39 is 23.4 Å². The van der Waals surface area contributed by atoms with Crippen LogP contribution in [0.1, 0.15) is 42.3 Å². The van der Waals surface area contributed by atoms with Crippen molar-refractivity contribution >= 4 is 35.1 Å². The van der Waals surface area contributed by atoms with Crippen LogP contribution in [-0.4, -0.2) is 28.3 Å². The number of ketones is 1. The van der Waals surface area contributed by atoms with E-state index in [0.717, 1.165) is 11.1 Å². The SMILES string of the molecule is CC(C)(C)OC(=O)Nc1cc(Cl)ccc1C(=O)C(=O)N1Cc2ccccc2C1. The Kier molecular flexibility index (Phi) is 5.42. The Morgan fingerprint density at radius 3 is 2.21 bits per heavy atom. The average Bonchev–Trinajstić information content (AvgIpc) is 3.03. The van der Waals surface area contributed by atoms with Crippen LogP contribution in [-0.2, 0) is 22.6 Å². The normalized spacial score (nSPS) is 13.1. The van der Waals surface area contributed by atoms with Crippen LogP contribution in [0.5, 0.6) is 0 Å². The summed E-state index contributed by atoms with van der Waals surface area (Å²) in [6.07, 6.45) is -0.732. The van der Waals surface area contributed by atoms with E-state index in [-0.39, 0.29) is 11.3 Å². The minimum Gasteiger partial charge on any atom is -0.444 e. The number of nitrogens with one attached hydrogen (secondary N) is 1. The molecule has 1 aliphatic heterocycles. The van der Waals surface area contributed by atoms with Gasteiger partial charge in [-0.25, -0.2) is 4.79 Å². The van der Waals surface area contributed by atoms with Crippen molar-refractivity contribution in [3.8, 4) is 0 Å². The maximum absolute atomic E-state index is 12.9. The monoisotopic (exact) mass is 400 g/mol. The average molecular weight is 401 g/mol. The van der Waals surface area contributed by atoms with Gasteiger partial charge < -0.3 is 9.64 Å². The summed E-state index contributed by atoms with van der Waals surface area (Å²) in [7, 11) is 0. The van der Waals surface area contributed by atoms with Gasteiger partial charge in [0.05, 0.1) is 11.3 Å². The lowest BCUT2D eigenvalue weighted by molar-refractivity contribution is -0.127. The highest BCUT2D eigenvalue weighted by Crippen LogP contribution is 2.26. The highest BCUT2D eigenvalue weighted by molar-refractivity contribution is 6.44. The Balaban J connectivity index is 1.80. The second-order valence-electron chi connectivity index (χ2n) is 7.58. The molecule has 0 unspecified atom stereocenters. The largest absolute Gasteiger partial charge is 0.444 e. The number of hydrogen-bond acceptors (Lipinski definition) is 4. The fraction of sp³-hybridized carbons (Fsp3) is 0.286. The number of ether oxygens (including phenoxy) is 1. The lowest BCUT2D eigenvalue weighted by Crippen LogP contribution is -2.33. The second kappa shape index (κ2) is 7.64. The van der Waals surface area contributed by atoms with Crippen molar-refractivity contribution in [2.24, 2.45) is 0 Å². The zero-order chi connectivity index (χ0) is 20.5. The molecule has 3 rings (SSSR count). The molecule has 1 aliphatic rings. The summed E-state index contributed by atoms with van der Waals surface area (Å²) in [6.45, 7) is 5.94. The summed E-state index contributed by atoms with van der Waals surface area (Å²) in [5.74, 6) is -1.35. The first-order valence-electron chi connectivity index (χ1n) is 8.84. The van der Waals surface area contributed by atoms with Crippen molar-refractivity contribution < 1.29 is 19.1 Å². The summed E-state index contributed by atoms with van der Waals surface area (Å²) in [4.78, 5) is 39.2. The molecule has 0 spiro atoms. The van der Waals surface area contributed by atoms with Crippen LogP contribution in [0.4, 0.5) is 10.5 Å². The minimum atomic E-state index is -0.732. The Hall–Kier alpha value is -2.86. The molecule has 2 amide bonds. The first-order chi connectivity index (χ1) is 13.1. The summed E-state index contributed by atoms with van der Waals surface area (Å²) in [5, 5.41) is 2.84. The fourth-order valence-corrected chi connectivity index (χ4v) is 3.14. The van der Waals surface area contributed by atoms with Gasteiger partial charge in [-0.1, -0.05) is 35.9 Å². The van der Waals surface area contributed by atoms with Gasteiger partial charge >= 0.3 is 6.09 Å². The van der Waals surface area contributed by atoms with Gasteiger partial charge in [-0.2, -0.15) is 0 Å². The number of amides is 2. The number of rotatable bonds is 3. The van der Waals surface area contributed by atoms with Crippen LogP contribution >= 0.6 is 11.6 Å². The molecule has 28 heavy (non-hydrogen) atoms. The topological polar surface area (TPSA) is 75.7 Å². The number of Topliss-reactive ketones (excluding diaryl/α,β-unsaturated/α-hetero) is 1. The Morgan fingerprint density at radius 1 is 1.04 bits per heavy atom. The van der Waals surface area contributed by atoms with Gasteiger partial charge in [-0.05, 0) is 50.1 Å². The van der Waals surface area contributed by atoms with Gasteiger partial charge in [0, 0.05) is 18.1 Å². The Bertz CT molecular complexity index is 925. The van der Waals surface area contributed by atoms with Crippen molar-refractivity contribution in [3.05, 3.63) is 64.2 Å². The van der Waals surface area contributed by atoms with Gasteiger partial charge in [0.1, 0.15) is 5.60 Å². The summed E-state index contributed by atoms with van der Waals surface area (Å²) in [5.41, 5.74) is 1.54. The van der Waals surface area contributed by atoms with E-state index in [1.54, 1.807) is 20.8 Å². The van der Waals surface area contributed by atoms with E-state index in [0.29, 0.717) is 18.1 Å². The molecule has 0 aliphatic carbocycles. The molecule has 146 valence electrons. The van der Waals surface area contributed by atoms with Crippen LogP contribution in [0.25, 0.3) is 0 Å². The van der Waals surface area contributed by atoms with E-state index in [2.05, 4.69) is 5.32 Å². The molecule has 0 atom stereocenters. The third-order valence-corrected chi connectivity index (χ3v) is 4.42. The van der Waals surface area contributed by atoms with E-state index in [1.807, 2.05) is 24.3 Å². The highest BCUT2D eigenvalue weighted by atomic mass is 35.5. The van der Waals surface area contributed by atoms with Crippen LogP contribution < -0.4 is 5.32 Å². The van der Waals surface area contributed by atoms with Crippen molar-refractivity contribution in [2.75, 3.05) is 5.32 Å². The van der Waals surface area contributed by atoms with Gasteiger partial charge in [-0.15, -0.1) is 0 Å². The van der Waals surface area contributed by atoms with Crippen molar-refractivity contribution in [1.82, 2.24) is 4.90 Å². The number of carbonyl (C=O) groups is 3. The molecule has 0 aromatic heterocycles. The summed E-state index contributed by atoms with van der Waals surface area (Å²) < 4.78 is 5.22. The van der Waals surface area contributed by atoms with Gasteiger partial charge in [0.2, 0.25) is 0 Å². The fourth-order valence-electron chi connectivity index (χ4n) is 2.97. The molecule has 0 bridgehead atoms. The van der Waals surface area contributed by atoms with E-state index >= 15 is 0 Å². The number of hydrogen-bond donors (Lipinski definition) is 1. The van der Waals surface area contributed by atoms with Crippen LogP contribution in [0.2, 0.25) is 5.02 Å². The number of nitrogens with zero attached hydrogens (tertiary/aromatic N) is 1. The molecule has 6 nitrogen and oxygen atoms in total. The van der Waals surface area contributed by atoms with Crippen LogP contribution in [0, 0.1) is 0 Å². The first kappa shape index (κ1) is 19.9. The third kappa shape index (κ3) is 4.51. The summed E-state index contributed by atoms with van der Waals surface area (Å²) in [6, 6.07) is 12.0. The van der Waals surface area contributed by atoms with E-state index in [4.69, 9.17) is 16.3 Å². The zero-order valence-electron chi connectivity index (χ0n) is 15.9. The maximum Gasteiger partial charge on any atom is 0.412 e. The van der Waals surface area contributed by atoms with Gasteiger partial charge in [-0.3, -0.25) is 14.9 Å². The maximum atomic E-state index is 12.9. The lowest BCUT2D eigenvalue weighted by Gasteiger charge is -2.21. The molecule has 1 heterocycles. The zero-order valence-corrected chi connectivity index (χ0v) is 16.7. The molecular formula is C21H21ClN2O4. The quantitative estimate of drug-likeness (QED) is 0.611. The molecule has 7 heteroatoms. The number of carbonyl (C=O) groups excluding carboxylic acids is 3. The molecule has 0 saturated heterocycles. The van der Waals surface area contributed by atoms with Crippen molar-refractivity contribution in [1.29, 1.82) is 0 Å². The van der Waals surface area contributed by atoms with Crippen molar-refractivity contribution in [3.63, 3.8) is 0 Å². The molecule has 0 fully saturated rings. The smallest absolute Gasteiger partial charge is 0.412 e. The number of anilines is 1. The minimum absolute atomic E-state index is 0.0659. The van der Waals surface area contributed by atoms with Gasteiger partial charge in [0.25, 0.3) is 11.7 Å². The molecular weight excluding hydrogens is 380 g/mol. The molecule has 0 saturated carbocycles. The summed E-state index contributed by atoms with van der Waals surface area (Å²) >= 11 is 6.01. The third-order valence-electron chi connectivity index (χ3n) is 4.18. The molecule has 1 N–H and O–H groups in total. The van der Waals surface area contributed by atoms with Gasteiger partial charge in [0.15, 0.2) is 0 Å². The lowest BCUT2D eigenvalue weighted by atomic mass is 10.1. The molecule has 2 aromatic carbocycles. The number of fused-ring (bicyclic) bond motifs is 1. The predicted molar refractivity (Wildman–Crippen MR) is 106 cm³/mol. The van der Waals surface area contributed by atoms with Crippen LogP contribution in [0.3, 0.4) is 0 Å². The highest BCUT2D eigenvalue weighted by Gasteiger charge is 2.30. The van der Waals surface area contributed by atoms with Crippen molar-refractivity contribution in [2.45, 2.75) is 39.5 Å². The second-order valence-corrected chi connectivity index (χ2v) is 8.01. The molecule has 2 aromatic rings. The van der Waals surface area contributed by atoms with E-state index in [1.165, 1.54) is 23.1 Å². The predicted octanol–water partition coefficient (Wildman–Crippen LogP) is 4.41. The Morgan fingerprint density at radius 2 is 1.64 bits per heavy atom. The number of benzene rings is 2. The standard InChI is InChI=1S/C21H21ClN2O4/c1-21(2,3)28-20(27)23-17-10-15(22)8-9-16(17)18(25)19(26)24-11-13-6-4-5-7-14(13)12-24/h4-10H,11-12H2,1-3H3,(H,23,27). The number of halogens is 1.